The van der Waals surface area contributed by atoms with Gasteiger partial charge in [0.15, 0.2) is 6.61 Å². The van der Waals surface area contributed by atoms with E-state index >= 15 is 0 Å². The van der Waals surface area contributed by atoms with Crippen molar-refractivity contribution in [3.8, 4) is 0 Å². The van der Waals surface area contributed by atoms with Gasteiger partial charge in [0.2, 0.25) is 0 Å². The first-order valence-corrected chi connectivity index (χ1v) is 10.4. The average molecular weight is 412 g/mol. The standard InChI is InChI=1S/C16H22F2O8S/c17-16(18,27(21,22)23)8-24-14(19)12-10-6-7-11(26-10)13(12)15(20)25-9-4-2-1-3-5-9/h9-13H,1-8H2,(H,21,22,23). The molecule has 154 valence electrons. The summed E-state index contributed by atoms with van der Waals surface area (Å²) in [6, 6.07) is 0. The molecule has 3 rings (SSSR count). The van der Waals surface area contributed by atoms with Gasteiger partial charge in [0.25, 0.3) is 0 Å². The number of esters is 2. The lowest BCUT2D eigenvalue weighted by Gasteiger charge is -2.28. The molecule has 2 heterocycles. The van der Waals surface area contributed by atoms with E-state index in [4.69, 9.17) is 14.0 Å². The Morgan fingerprint density at radius 3 is 2.11 bits per heavy atom. The zero-order valence-electron chi connectivity index (χ0n) is 14.5. The van der Waals surface area contributed by atoms with Crippen LogP contribution in [0, 0.1) is 11.8 Å². The van der Waals surface area contributed by atoms with Gasteiger partial charge in [0.05, 0.1) is 24.0 Å². The summed E-state index contributed by atoms with van der Waals surface area (Å²) in [5.41, 5.74) is 0. The third kappa shape index (κ3) is 4.24. The number of halogens is 2. The second kappa shape index (κ2) is 7.59. The Morgan fingerprint density at radius 1 is 1.00 bits per heavy atom. The van der Waals surface area contributed by atoms with Crippen LogP contribution in [0.15, 0.2) is 0 Å². The van der Waals surface area contributed by atoms with Crippen LogP contribution in [0.4, 0.5) is 8.78 Å². The largest absolute Gasteiger partial charge is 0.462 e. The molecule has 2 bridgehead atoms. The van der Waals surface area contributed by atoms with Crippen molar-refractivity contribution in [2.75, 3.05) is 6.61 Å². The van der Waals surface area contributed by atoms with E-state index in [1.807, 2.05) is 0 Å². The van der Waals surface area contributed by atoms with E-state index in [9.17, 15) is 26.8 Å². The number of ether oxygens (including phenoxy) is 3. The highest BCUT2D eigenvalue weighted by Gasteiger charge is 2.58. The van der Waals surface area contributed by atoms with Crippen LogP contribution in [0.25, 0.3) is 0 Å². The first-order chi connectivity index (χ1) is 12.6. The maximum absolute atomic E-state index is 13.3. The normalized spacial score (nSPS) is 31.7. The van der Waals surface area contributed by atoms with E-state index in [2.05, 4.69) is 4.74 Å². The SMILES string of the molecule is O=C(OCC(F)(F)S(=O)(=O)O)C1C2CCC(O2)C1C(=O)OC1CCCCC1. The summed E-state index contributed by atoms with van der Waals surface area (Å²) < 4.78 is 71.8. The minimum atomic E-state index is -5.71. The maximum atomic E-state index is 13.3. The van der Waals surface area contributed by atoms with E-state index in [1.165, 1.54) is 0 Å². The van der Waals surface area contributed by atoms with Crippen molar-refractivity contribution in [1.29, 1.82) is 0 Å². The van der Waals surface area contributed by atoms with Gasteiger partial charge in [-0.2, -0.15) is 17.2 Å². The van der Waals surface area contributed by atoms with E-state index in [0.29, 0.717) is 12.8 Å². The molecule has 2 aliphatic heterocycles. The summed E-state index contributed by atoms with van der Waals surface area (Å²) in [4.78, 5) is 24.9. The van der Waals surface area contributed by atoms with Crippen LogP contribution in [-0.4, -0.2) is 55.1 Å². The van der Waals surface area contributed by atoms with Crippen molar-refractivity contribution in [3.05, 3.63) is 0 Å². The molecule has 0 aromatic carbocycles. The minimum absolute atomic E-state index is 0.231. The van der Waals surface area contributed by atoms with Gasteiger partial charge < -0.3 is 14.2 Å². The van der Waals surface area contributed by atoms with E-state index in [0.717, 1.165) is 32.1 Å². The molecule has 0 amide bonds. The predicted octanol–water partition coefficient (Wildman–Crippen LogP) is 1.68. The van der Waals surface area contributed by atoms with Crippen molar-refractivity contribution in [3.63, 3.8) is 0 Å². The Balaban J connectivity index is 1.65. The molecule has 2 saturated heterocycles. The van der Waals surface area contributed by atoms with Crippen molar-refractivity contribution >= 4 is 22.1 Å². The fourth-order valence-electron chi connectivity index (χ4n) is 4.03. The highest BCUT2D eigenvalue weighted by Crippen LogP contribution is 2.45. The number of fused-ring (bicyclic) bond motifs is 2. The van der Waals surface area contributed by atoms with Crippen LogP contribution in [0.3, 0.4) is 0 Å². The quantitative estimate of drug-likeness (QED) is 0.517. The predicted molar refractivity (Wildman–Crippen MR) is 85.3 cm³/mol. The van der Waals surface area contributed by atoms with E-state index < -0.39 is 58.0 Å². The van der Waals surface area contributed by atoms with E-state index in [1.54, 1.807) is 0 Å². The van der Waals surface area contributed by atoms with Gasteiger partial charge in [0.1, 0.15) is 6.10 Å². The minimum Gasteiger partial charge on any atom is -0.462 e. The summed E-state index contributed by atoms with van der Waals surface area (Å²) in [5.74, 6) is -3.86. The molecular weight excluding hydrogens is 390 g/mol. The fraction of sp³-hybridized carbons (Fsp3) is 0.875. The number of carbonyl (C=O) groups is 2. The van der Waals surface area contributed by atoms with Crippen LogP contribution >= 0.6 is 0 Å². The van der Waals surface area contributed by atoms with Crippen molar-refractivity contribution in [1.82, 2.24) is 0 Å². The molecule has 1 saturated carbocycles. The topological polar surface area (TPSA) is 116 Å². The van der Waals surface area contributed by atoms with Crippen LogP contribution in [0.5, 0.6) is 0 Å². The highest BCUT2D eigenvalue weighted by atomic mass is 32.2. The Hall–Kier alpha value is -1.33. The molecule has 27 heavy (non-hydrogen) atoms. The smallest absolute Gasteiger partial charge is 0.402 e. The lowest BCUT2D eigenvalue weighted by atomic mass is 9.79. The molecule has 0 aromatic heterocycles. The maximum Gasteiger partial charge on any atom is 0.402 e. The van der Waals surface area contributed by atoms with Crippen LogP contribution in [0.2, 0.25) is 0 Å². The van der Waals surface area contributed by atoms with Crippen LogP contribution in [0.1, 0.15) is 44.9 Å². The third-order valence-electron chi connectivity index (χ3n) is 5.41. The Labute approximate surface area is 155 Å². The van der Waals surface area contributed by atoms with Gasteiger partial charge in [0, 0.05) is 0 Å². The Kier molecular flexibility index (Phi) is 5.74. The monoisotopic (exact) mass is 412 g/mol. The Bertz CT molecular complexity index is 689. The average Bonchev–Trinajstić information content (AvgIpc) is 3.21. The molecule has 1 N–H and O–H groups in total. The second-order valence-electron chi connectivity index (χ2n) is 7.26. The van der Waals surface area contributed by atoms with Gasteiger partial charge in [-0.05, 0) is 38.5 Å². The van der Waals surface area contributed by atoms with Gasteiger partial charge in [-0.25, -0.2) is 0 Å². The van der Waals surface area contributed by atoms with Crippen LogP contribution in [-0.2, 0) is 33.9 Å². The molecule has 11 heteroatoms. The van der Waals surface area contributed by atoms with Crippen molar-refractivity contribution in [2.24, 2.45) is 11.8 Å². The zero-order valence-corrected chi connectivity index (χ0v) is 15.3. The molecule has 0 aromatic rings. The number of carbonyl (C=O) groups excluding carboxylic acids is 2. The third-order valence-corrected chi connectivity index (χ3v) is 6.29. The van der Waals surface area contributed by atoms with Crippen LogP contribution < -0.4 is 0 Å². The lowest BCUT2D eigenvalue weighted by Crippen LogP contribution is -2.43. The summed E-state index contributed by atoms with van der Waals surface area (Å²) in [6.07, 6.45) is 4.01. The number of rotatable bonds is 6. The molecule has 4 unspecified atom stereocenters. The second-order valence-corrected chi connectivity index (χ2v) is 8.81. The summed E-state index contributed by atoms with van der Waals surface area (Å²) >= 11 is 0. The molecule has 3 aliphatic rings. The summed E-state index contributed by atoms with van der Waals surface area (Å²) in [5, 5.41) is -4.63. The van der Waals surface area contributed by atoms with Crippen molar-refractivity contribution in [2.45, 2.75) is 68.5 Å². The molecular formula is C16H22F2O8S. The van der Waals surface area contributed by atoms with Crippen molar-refractivity contribution < 1.29 is 45.6 Å². The molecule has 0 radical (unpaired) electrons. The van der Waals surface area contributed by atoms with Gasteiger partial charge in [-0.3, -0.25) is 14.1 Å². The molecule has 3 fully saturated rings. The fourth-order valence-corrected chi connectivity index (χ4v) is 4.24. The first kappa shape index (κ1) is 20.4. The lowest BCUT2D eigenvalue weighted by molar-refractivity contribution is -0.167. The summed E-state index contributed by atoms with van der Waals surface area (Å²) in [6.45, 7) is -1.83. The molecule has 0 spiro atoms. The zero-order chi connectivity index (χ0) is 19.8. The number of hydrogen-bond acceptors (Lipinski definition) is 7. The van der Waals surface area contributed by atoms with Gasteiger partial charge >= 0.3 is 27.3 Å². The number of hydrogen-bond donors (Lipinski definition) is 1. The molecule has 1 aliphatic carbocycles. The van der Waals surface area contributed by atoms with E-state index in [-0.39, 0.29) is 6.10 Å². The Morgan fingerprint density at radius 2 is 1.56 bits per heavy atom. The first-order valence-electron chi connectivity index (χ1n) is 8.97. The number of alkyl halides is 2. The van der Waals surface area contributed by atoms with Gasteiger partial charge in [-0.15, -0.1) is 0 Å². The molecule has 8 nitrogen and oxygen atoms in total. The molecule has 4 atom stereocenters. The highest BCUT2D eigenvalue weighted by molar-refractivity contribution is 7.86. The van der Waals surface area contributed by atoms with Gasteiger partial charge in [-0.1, -0.05) is 6.42 Å². The summed E-state index contributed by atoms with van der Waals surface area (Å²) in [7, 11) is -5.71.